The lowest BCUT2D eigenvalue weighted by Gasteiger charge is -2.20. The number of halogens is 1. The van der Waals surface area contributed by atoms with Gasteiger partial charge in [0.15, 0.2) is 9.84 Å². The van der Waals surface area contributed by atoms with Crippen molar-refractivity contribution in [3.63, 3.8) is 0 Å². The van der Waals surface area contributed by atoms with Gasteiger partial charge in [0.05, 0.1) is 6.04 Å². The Hall–Kier alpha value is -1.03. The smallest absolute Gasteiger partial charge is 0.242 e. The maximum Gasteiger partial charge on any atom is 0.242 e. The zero-order chi connectivity index (χ0) is 17.0. The lowest BCUT2D eigenvalue weighted by atomic mass is 9.99. The van der Waals surface area contributed by atoms with E-state index in [1.807, 2.05) is 13.0 Å². The van der Waals surface area contributed by atoms with Crippen LogP contribution in [0.5, 0.6) is 0 Å². The molecule has 9 heteroatoms. The highest BCUT2D eigenvalue weighted by molar-refractivity contribution is 9.10. The van der Waals surface area contributed by atoms with Gasteiger partial charge < -0.3 is 16.4 Å². The zero-order valence-corrected chi connectivity index (χ0v) is 15.2. The fourth-order valence-electron chi connectivity index (χ4n) is 3.31. The summed E-state index contributed by atoms with van der Waals surface area (Å²) in [4.78, 5) is 16.7. The summed E-state index contributed by atoms with van der Waals surface area (Å²) in [5, 5.41) is 5.04. The molecule has 0 radical (unpaired) electrons. The molecule has 23 heavy (non-hydrogen) atoms. The number of carbonyl (C=O) groups excluding carboxylic acids is 1. The van der Waals surface area contributed by atoms with Crippen molar-refractivity contribution in [2.45, 2.75) is 37.2 Å². The molecule has 7 nitrogen and oxygen atoms in total. The Labute approximate surface area is 143 Å². The molecule has 2 fully saturated rings. The normalized spacial score (nSPS) is 30.6. The second kappa shape index (κ2) is 5.51. The number of pyridine rings is 1. The fourth-order valence-corrected chi connectivity index (χ4v) is 4.83. The number of fused-ring (bicyclic) bond motifs is 1. The predicted molar refractivity (Wildman–Crippen MR) is 90.5 cm³/mol. The predicted octanol–water partition coefficient (Wildman–Crippen LogP) is 0.541. The van der Waals surface area contributed by atoms with Crippen LogP contribution < -0.4 is 16.4 Å². The van der Waals surface area contributed by atoms with Crippen LogP contribution in [0.1, 0.15) is 18.4 Å². The van der Waals surface area contributed by atoms with Gasteiger partial charge in [-0.2, -0.15) is 0 Å². The zero-order valence-electron chi connectivity index (χ0n) is 12.8. The van der Waals surface area contributed by atoms with E-state index in [4.69, 9.17) is 5.73 Å². The van der Waals surface area contributed by atoms with Crippen molar-refractivity contribution in [1.29, 1.82) is 0 Å². The van der Waals surface area contributed by atoms with Gasteiger partial charge in [-0.1, -0.05) is 6.07 Å². The van der Waals surface area contributed by atoms with Crippen molar-refractivity contribution in [2.75, 3.05) is 11.6 Å². The van der Waals surface area contributed by atoms with Gasteiger partial charge in [0.25, 0.3) is 0 Å². The summed E-state index contributed by atoms with van der Waals surface area (Å²) in [6.45, 7) is 1.86. The van der Waals surface area contributed by atoms with E-state index < -0.39 is 26.7 Å². The highest BCUT2D eigenvalue weighted by Crippen LogP contribution is 2.57. The van der Waals surface area contributed by atoms with E-state index in [0.29, 0.717) is 23.3 Å². The molecule has 1 unspecified atom stereocenters. The summed E-state index contributed by atoms with van der Waals surface area (Å²) in [5.74, 6) is 0.277. The number of hydrogen-bond acceptors (Lipinski definition) is 6. The second-order valence-corrected chi connectivity index (χ2v) is 9.43. The first-order chi connectivity index (χ1) is 10.6. The van der Waals surface area contributed by atoms with E-state index in [1.165, 1.54) is 0 Å². The summed E-state index contributed by atoms with van der Waals surface area (Å²) >= 11 is 3.27. The number of aryl methyl sites for hydroxylation is 1. The monoisotopic (exact) mass is 402 g/mol. The highest BCUT2D eigenvalue weighted by atomic mass is 79.9. The third kappa shape index (κ3) is 3.02. The highest BCUT2D eigenvalue weighted by Gasteiger charge is 2.66. The van der Waals surface area contributed by atoms with Gasteiger partial charge in [0.2, 0.25) is 5.91 Å². The minimum Gasteiger partial charge on any atom is -0.315 e. The Bertz CT molecular complexity index is 769. The van der Waals surface area contributed by atoms with Gasteiger partial charge in [-0.05, 0) is 47.3 Å². The van der Waals surface area contributed by atoms with Crippen molar-refractivity contribution in [2.24, 2.45) is 11.1 Å². The van der Waals surface area contributed by atoms with E-state index >= 15 is 0 Å². The molecule has 3 rings (SSSR count). The minimum atomic E-state index is -3.34. The van der Waals surface area contributed by atoms with Crippen molar-refractivity contribution in [3.05, 3.63) is 22.3 Å². The number of carbonyl (C=O) groups is 1. The molecule has 1 saturated carbocycles. The molecular formula is C14H19BrN4O3S. The van der Waals surface area contributed by atoms with Crippen LogP contribution in [0.25, 0.3) is 0 Å². The molecule has 1 saturated heterocycles. The summed E-state index contributed by atoms with van der Waals surface area (Å²) in [5.41, 5.74) is 6.25. The molecule has 1 aliphatic heterocycles. The summed E-state index contributed by atoms with van der Waals surface area (Å²) in [6, 6.07) is 3.18. The van der Waals surface area contributed by atoms with Crippen molar-refractivity contribution >= 4 is 37.5 Å². The first-order valence-electron chi connectivity index (χ1n) is 7.28. The number of nitrogens with one attached hydrogen (secondary N) is 2. The third-order valence-corrected chi connectivity index (χ3v) is 6.59. The number of nitrogens with two attached hydrogens (primary N) is 1. The van der Waals surface area contributed by atoms with Crippen molar-refractivity contribution in [3.8, 4) is 0 Å². The molecule has 1 aromatic heterocycles. The molecular weight excluding hydrogens is 384 g/mol. The first kappa shape index (κ1) is 16.8. The number of piperidine rings is 1. The fraction of sp³-hybridized carbons (Fsp3) is 0.571. The Morgan fingerprint density at radius 2 is 2.22 bits per heavy atom. The topological polar surface area (TPSA) is 114 Å². The van der Waals surface area contributed by atoms with Gasteiger partial charge in [-0.25, -0.2) is 13.4 Å². The minimum absolute atomic E-state index is 0.0143. The SMILES string of the molecule is Cc1ccc(Br)nc1NC(=O)[C@@H]1C[C@]2(C(N)S(C)(=O)=O)C[C@H]2N1. The van der Waals surface area contributed by atoms with Crippen molar-refractivity contribution in [1.82, 2.24) is 10.3 Å². The van der Waals surface area contributed by atoms with Crippen LogP contribution in [0.3, 0.4) is 0 Å². The number of rotatable bonds is 4. The number of aromatic nitrogens is 1. The van der Waals surface area contributed by atoms with Crippen LogP contribution in [0.2, 0.25) is 0 Å². The van der Waals surface area contributed by atoms with Crippen LogP contribution >= 0.6 is 15.9 Å². The summed E-state index contributed by atoms with van der Waals surface area (Å²) in [6.07, 6.45) is 2.26. The van der Waals surface area contributed by atoms with Crippen LogP contribution in [-0.2, 0) is 14.6 Å². The van der Waals surface area contributed by atoms with Crippen LogP contribution in [0.4, 0.5) is 5.82 Å². The van der Waals surface area contributed by atoms with Crippen LogP contribution in [-0.4, -0.2) is 43.0 Å². The van der Waals surface area contributed by atoms with Gasteiger partial charge >= 0.3 is 0 Å². The summed E-state index contributed by atoms with van der Waals surface area (Å²) in [7, 11) is -3.34. The number of nitrogens with zero attached hydrogens (tertiary/aromatic N) is 1. The average molecular weight is 403 g/mol. The van der Waals surface area contributed by atoms with E-state index in [1.54, 1.807) is 6.07 Å². The molecule has 2 aliphatic rings. The Morgan fingerprint density at radius 1 is 1.52 bits per heavy atom. The first-order valence-corrected chi connectivity index (χ1v) is 10.0. The maximum atomic E-state index is 12.4. The van der Waals surface area contributed by atoms with Gasteiger partial charge in [-0.15, -0.1) is 0 Å². The molecule has 1 amide bonds. The second-order valence-electron chi connectivity index (χ2n) is 6.45. The number of sulfone groups is 1. The molecule has 0 aromatic carbocycles. The van der Waals surface area contributed by atoms with E-state index in [2.05, 4.69) is 31.5 Å². The number of amides is 1. The van der Waals surface area contributed by atoms with Crippen molar-refractivity contribution < 1.29 is 13.2 Å². The molecule has 4 atom stereocenters. The third-order valence-electron chi connectivity index (χ3n) is 4.75. The van der Waals surface area contributed by atoms with Gasteiger partial charge in [-0.3, -0.25) is 4.79 Å². The van der Waals surface area contributed by atoms with E-state index in [0.717, 1.165) is 11.8 Å². The lowest BCUT2D eigenvalue weighted by Crippen LogP contribution is -2.41. The summed E-state index contributed by atoms with van der Waals surface area (Å²) < 4.78 is 24.1. The lowest BCUT2D eigenvalue weighted by molar-refractivity contribution is -0.118. The van der Waals surface area contributed by atoms with Crippen LogP contribution in [0, 0.1) is 12.3 Å². The Kier molecular flexibility index (Phi) is 4.03. The molecule has 126 valence electrons. The van der Waals surface area contributed by atoms with E-state index in [9.17, 15) is 13.2 Å². The largest absolute Gasteiger partial charge is 0.315 e. The molecule has 0 spiro atoms. The Balaban J connectivity index is 1.71. The molecule has 1 aliphatic carbocycles. The molecule has 0 bridgehead atoms. The van der Waals surface area contributed by atoms with Gasteiger partial charge in [0.1, 0.15) is 15.8 Å². The van der Waals surface area contributed by atoms with E-state index in [-0.39, 0.29) is 11.9 Å². The van der Waals surface area contributed by atoms with Gasteiger partial charge in [0, 0.05) is 17.7 Å². The number of hydrogen-bond donors (Lipinski definition) is 3. The molecule has 4 N–H and O–H groups in total. The van der Waals surface area contributed by atoms with Crippen LogP contribution in [0.15, 0.2) is 16.7 Å². The number of anilines is 1. The quantitative estimate of drug-likeness (QED) is 0.633. The standard InChI is InChI=1S/C14H19BrN4O3S/c1-7-3-4-10(15)18-11(7)19-12(20)8-5-14(6-9(14)17-8)13(16)23(2,21)22/h3-4,8-9,13,17H,5-6,16H2,1-2H3,(H,18,19,20)/t8-,9+,13?,14-/m0/s1. The average Bonchev–Trinajstić information content (AvgIpc) is 3.03. The molecule has 1 aromatic rings. The Morgan fingerprint density at radius 3 is 2.87 bits per heavy atom. The maximum absolute atomic E-state index is 12.4. The molecule has 2 heterocycles.